The maximum absolute atomic E-state index is 14.2. The zero-order valence-electron chi connectivity index (χ0n) is 19.6. The summed E-state index contributed by atoms with van der Waals surface area (Å²) < 4.78 is 78.2. The highest BCUT2D eigenvalue weighted by molar-refractivity contribution is 7.92. The van der Waals surface area contributed by atoms with Gasteiger partial charge in [-0.1, -0.05) is 35.9 Å². The van der Waals surface area contributed by atoms with Gasteiger partial charge in [0.2, 0.25) is 0 Å². The van der Waals surface area contributed by atoms with Crippen LogP contribution in [0.15, 0.2) is 65.6 Å². The van der Waals surface area contributed by atoms with E-state index in [1.807, 2.05) is 0 Å². The van der Waals surface area contributed by atoms with Gasteiger partial charge in [0, 0.05) is 18.1 Å². The van der Waals surface area contributed by atoms with Gasteiger partial charge in [-0.25, -0.2) is 12.8 Å². The molecule has 1 N–H and O–H groups in total. The third kappa shape index (κ3) is 6.22. The molecule has 12 heteroatoms. The van der Waals surface area contributed by atoms with Gasteiger partial charge in [-0.3, -0.25) is 9.10 Å². The number of hydrogen-bond donors (Lipinski definition) is 1. The first-order valence-electron chi connectivity index (χ1n) is 11.3. The van der Waals surface area contributed by atoms with Crippen molar-refractivity contribution in [2.24, 2.45) is 0 Å². The summed E-state index contributed by atoms with van der Waals surface area (Å²) >= 11 is 6.08. The Balaban J connectivity index is 1.74. The quantitative estimate of drug-likeness (QED) is 0.315. The van der Waals surface area contributed by atoms with Crippen LogP contribution < -0.4 is 13.8 Å². The number of benzene rings is 3. The Morgan fingerprint density at radius 2 is 1.92 bits per heavy atom. The number of aliphatic carboxylic acids is 1. The molecule has 1 aliphatic rings. The van der Waals surface area contributed by atoms with Crippen molar-refractivity contribution in [3.63, 3.8) is 0 Å². The number of hydrogen-bond acceptors (Lipinski definition) is 5. The van der Waals surface area contributed by atoms with E-state index in [1.54, 1.807) is 12.1 Å². The number of carboxylic acids is 1. The fourth-order valence-corrected chi connectivity index (χ4v) is 5.64. The number of carbonyl (C=O) groups is 1. The maximum atomic E-state index is 14.2. The molecule has 0 aliphatic carbocycles. The summed E-state index contributed by atoms with van der Waals surface area (Å²) in [5.74, 6) is -1.77. The second-order valence-corrected chi connectivity index (χ2v) is 10.5. The second kappa shape index (κ2) is 11.4. The molecule has 200 valence electrons. The maximum Gasteiger partial charge on any atom is 0.387 e. The van der Waals surface area contributed by atoms with Crippen LogP contribution in [0, 0.1) is 5.82 Å². The fraction of sp³-hybridized carbons (Fsp3) is 0.192. The van der Waals surface area contributed by atoms with Gasteiger partial charge in [0.15, 0.2) is 0 Å². The number of alkyl halides is 2. The van der Waals surface area contributed by atoms with E-state index in [1.165, 1.54) is 54.6 Å². The van der Waals surface area contributed by atoms with Crippen molar-refractivity contribution in [1.29, 1.82) is 0 Å². The molecule has 1 heterocycles. The lowest BCUT2D eigenvalue weighted by Gasteiger charge is -2.35. The van der Waals surface area contributed by atoms with Crippen LogP contribution in [0.5, 0.6) is 11.5 Å². The predicted octanol–water partition coefficient (Wildman–Crippen LogP) is 6.07. The minimum Gasteiger partial charge on any atom is -0.486 e. The molecule has 3 aromatic carbocycles. The number of halogens is 4. The topological polar surface area (TPSA) is 93.1 Å². The van der Waals surface area contributed by atoms with Crippen LogP contribution in [0.1, 0.15) is 24.0 Å². The number of rotatable bonds is 9. The highest BCUT2D eigenvalue weighted by atomic mass is 35.5. The van der Waals surface area contributed by atoms with Gasteiger partial charge in [0.05, 0.1) is 22.2 Å². The van der Waals surface area contributed by atoms with E-state index in [2.05, 4.69) is 4.74 Å². The average Bonchev–Trinajstić information content (AvgIpc) is 2.86. The van der Waals surface area contributed by atoms with E-state index in [9.17, 15) is 26.4 Å². The van der Waals surface area contributed by atoms with Gasteiger partial charge in [-0.05, 0) is 54.5 Å². The van der Waals surface area contributed by atoms with Crippen LogP contribution in [0.4, 0.5) is 18.9 Å². The molecule has 3 aromatic rings. The molecule has 0 saturated heterocycles. The molecular formula is C26H21ClF3NO6S. The third-order valence-electron chi connectivity index (χ3n) is 5.66. The van der Waals surface area contributed by atoms with Crippen LogP contribution >= 0.6 is 11.6 Å². The van der Waals surface area contributed by atoms with E-state index in [0.717, 1.165) is 10.4 Å². The summed E-state index contributed by atoms with van der Waals surface area (Å²) in [5, 5.41) is 9.26. The molecule has 38 heavy (non-hydrogen) atoms. The Morgan fingerprint density at radius 3 is 2.63 bits per heavy atom. The van der Waals surface area contributed by atoms with Crippen molar-refractivity contribution in [1.82, 2.24) is 0 Å². The molecule has 1 aliphatic heterocycles. The molecule has 0 radical (unpaired) electrons. The van der Waals surface area contributed by atoms with Gasteiger partial charge >= 0.3 is 12.6 Å². The minimum absolute atomic E-state index is 0.0305. The van der Waals surface area contributed by atoms with E-state index in [0.29, 0.717) is 5.56 Å². The smallest absolute Gasteiger partial charge is 0.387 e. The third-order valence-corrected chi connectivity index (χ3v) is 7.76. The highest BCUT2D eigenvalue weighted by Crippen LogP contribution is 2.39. The Morgan fingerprint density at radius 1 is 1.16 bits per heavy atom. The first-order chi connectivity index (χ1) is 18.0. The van der Waals surface area contributed by atoms with Crippen molar-refractivity contribution in [3.8, 4) is 11.5 Å². The summed E-state index contributed by atoms with van der Waals surface area (Å²) in [5.41, 5.74) is 0.779. The van der Waals surface area contributed by atoms with Crippen LogP contribution in [0.2, 0.25) is 5.02 Å². The van der Waals surface area contributed by atoms with Crippen LogP contribution in [0.25, 0.3) is 12.2 Å². The fourth-order valence-electron chi connectivity index (χ4n) is 3.88. The van der Waals surface area contributed by atoms with E-state index in [4.69, 9.17) is 21.4 Å². The van der Waals surface area contributed by atoms with Gasteiger partial charge in [0.25, 0.3) is 10.0 Å². The monoisotopic (exact) mass is 567 g/mol. The number of fused-ring (bicyclic) bond motifs is 1. The molecule has 0 fully saturated rings. The number of sulfonamides is 1. The van der Waals surface area contributed by atoms with E-state index < -0.39 is 34.5 Å². The minimum atomic E-state index is -4.33. The lowest BCUT2D eigenvalue weighted by molar-refractivity contribution is -0.137. The van der Waals surface area contributed by atoms with E-state index >= 15 is 0 Å². The predicted molar refractivity (Wildman–Crippen MR) is 136 cm³/mol. The first kappa shape index (κ1) is 27.3. The zero-order valence-corrected chi connectivity index (χ0v) is 21.1. The molecule has 0 aromatic heterocycles. The molecule has 4 rings (SSSR count). The largest absolute Gasteiger partial charge is 0.486 e. The molecular weight excluding hydrogens is 547 g/mol. The van der Waals surface area contributed by atoms with Crippen molar-refractivity contribution in [2.45, 2.75) is 30.5 Å². The van der Waals surface area contributed by atoms with Crippen LogP contribution in [0.3, 0.4) is 0 Å². The second-order valence-electron chi connectivity index (χ2n) is 8.26. The lowest BCUT2D eigenvalue weighted by Crippen LogP contribution is -2.43. The standard InChI is InChI=1S/C26H21ClF3NO6S/c27-21-5-2-6-22(28)20(21)10-7-16-8-11-24-23(13-16)31(15-18(36-24)9-12-25(32)33)38(34,35)19-4-1-3-17(14-19)37-26(29)30/h1-8,10-11,13-14,18,26H,9,12,15H2,(H,32,33)/b10-7+/t18-/m0/s1. The molecule has 7 nitrogen and oxygen atoms in total. The van der Waals surface area contributed by atoms with Crippen molar-refractivity contribution in [3.05, 3.63) is 82.6 Å². The molecule has 0 bridgehead atoms. The Bertz CT molecular complexity index is 1460. The summed E-state index contributed by atoms with van der Waals surface area (Å²) in [7, 11) is -4.33. The summed E-state index contributed by atoms with van der Waals surface area (Å²) in [6.07, 6.45) is 1.98. The summed E-state index contributed by atoms with van der Waals surface area (Å²) in [6.45, 7) is -3.37. The summed E-state index contributed by atoms with van der Waals surface area (Å²) in [4.78, 5) is 10.8. The SMILES string of the molecule is O=C(O)CC[C@H]1CN(S(=O)(=O)c2cccc(OC(F)F)c2)c2cc(/C=C/c3c(F)cccc3Cl)ccc2O1. The van der Waals surface area contributed by atoms with Gasteiger partial charge in [-0.2, -0.15) is 8.78 Å². The number of carboxylic acid groups (broad SMARTS) is 1. The van der Waals surface area contributed by atoms with Crippen LogP contribution in [-0.4, -0.2) is 38.8 Å². The Labute approximate surface area is 221 Å². The molecule has 0 amide bonds. The summed E-state index contributed by atoms with van der Waals surface area (Å²) in [6, 6.07) is 13.6. The number of ether oxygens (including phenoxy) is 2. The molecule has 1 atom stereocenters. The molecule has 0 saturated carbocycles. The normalized spacial score (nSPS) is 15.4. The van der Waals surface area contributed by atoms with Crippen molar-refractivity contribution < 1.29 is 41.0 Å². The van der Waals surface area contributed by atoms with Crippen molar-refractivity contribution in [2.75, 3.05) is 10.8 Å². The van der Waals surface area contributed by atoms with Crippen molar-refractivity contribution >= 4 is 45.4 Å². The lowest BCUT2D eigenvalue weighted by atomic mass is 10.1. The molecule has 0 spiro atoms. The van der Waals surface area contributed by atoms with E-state index in [-0.39, 0.29) is 52.1 Å². The average molecular weight is 568 g/mol. The zero-order chi connectivity index (χ0) is 27.4. The van der Waals surface area contributed by atoms with Gasteiger partial charge in [-0.15, -0.1) is 0 Å². The number of anilines is 1. The Kier molecular flexibility index (Phi) is 8.17. The Hall–Kier alpha value is -3.70. The number of nitrogens with zero attached hydrogens (tertiary/aromatic N) is 1. The van der Waals surface area contributed by atoms with Gasteiger partial charge < -0.3 is 14.6 Å². The first-order valence-corrected chi connectivity index (χ1v) is 13.1. The van der Waals surface area contributed by atoms with Crippen LogP contribution in [-0.2, 0) is 14.8 Å². The molecule has 0 unspecified atom stereocenters. The highest BCUT2D eigenvalue weighted by Gasteiger charge is 2.35. The van der Waals surface area contributed by atoms with Gasteiger partial charge in [0.1, 0.15) is 23.4 Å².